The normalized spacial score (nSPS) is 26.3. The van der Waals surface area contributed by atoms with Crippen LogP contribution in [-0.2, 0) is 14.3 Å². The number of benzene rings is 1. The molecule has 178 valence electrons. The van der Waals surface area contributed by atoms with E-state index in [1.165, 1.54) is 51.8 Å². The molecule has 0 aromatic heterocycles. The van der Waals surface area contributed by atoms with Crippen molar-refractivity contribution in [2.75, 3.05) is 0 Å². The number of carbonyl (C=O) groups excluding carboxylic acids is 1. The number of hydrogen-bond acceptors (Lipinski definition) is 3. The van der Waals surface area contributed by atoms with Crippen molar-refractivity contribution in [3.8, 4) is 0 Å². The maximum absolute atomic E-state index is 13.5. The first-order chi connectivity index (χ1) is 15.5. The van der Waals surface area contributed by atoms with Crippen molar-refractivity contribution < 1.29 is 14.3 Å². The van der Waals surface area contributed by atoms with Crippen molar-refractivity contribution in [1.29, 1.82) is 0 Å². The molecular weight excluding hydrogens is 503 g/mol. The molecule has 1 saturated heterocycles. The molecule has 0 spiro atoms. The van der Waals surface area contributed by atoms with Gasteiger partial charge in [0.25, 0.3) is 0 Å². The van der Waals surface area contributed by atoms with Gasteiger partial charge >= 0.3 is 201 Å². The Morgan fingerprint density at radius 3 is 2.06 bits per heavy atom. The second-order valence-electron chi connectivity index (χ2n) is 10.0. The second kappa shape index (κ2) is 12.2. The van der Waals surface area contributed by atoms with E-state index < -0.39 is 24.5 Å². The van der Waals surface area contributed by atoms with Gasteiger partial charge in [-0.25, -0.2) is 0 Å². The van der Waals surface area contributed by atoms with Gasteiger partial charge in [-0.05, 0) is 0 Å². The first-order valence-electron chi connectivity index (χ1n) is 13.1. The summed E-state index contributed by atoms with van der Waals surface area (Å²) in [6, 6.07) is 10.2. The van der Waals surface area contributed by atoms with E-state index in [1.54, 1.807) is 3.59 Å². The van der Waals surface area contributed by atoms with Gasteiger partial charge in [0.2, 0.25) is 0 Å². The molecule has 3 rings (SSSR count). The monoisotopic (exact) mass is 548 g/mol. The number of ketones is 1. The Kier molecular flexibility index (Phi) is 9.87. The van der Waals surface area contributed by atoms with E-state index in [0.29, 0.717) is 0 Å². The summed E-state index contributed by atoms with van der Waals surface area (Å²) >= 11 is -2.64. The summed E-state index contributed by atoms with van der Waals surface area (Å²) in [6.07, 6.45) is 9.36. The summed E-state index contributed by atoms with van der Waals surface area (Å²) in [7, 11) is 0. The second-order valence-corrected chi connectivity index (χ2v) is 23.3. The first kappa shape index (κ1) is 26.0. The molecule has 0 amide bonds. The number of Topliss-reactive ketones (excluding diaryl/α,β-unsaturated/α-hetero) is 1. The van der Waals surface area contributed by atoms with Crippen LogP contribution in [0.3, 0.4) is 0 Å². The van der Waals surface area contributed by atoms with Gasteiger partial charge in [-0.1, -0.05) is 0 Å². The summed E-state index contributed by atoms with van der Waals surface area (Å²) in [6.45, 7) is 11.1. The Balaban J connectivity index is 1.89. The third kappa shape index (κ3) is 5.70. The number of hydrogen-bond donors (Lipinski definition) is 0. The van der Waals surface area contributed by atoms with Crippen molar-refractivity contribution in [1.82, 2.24) is 0 Å². The van der Waals surface area contributed by atoms with E-state index in [1.807, 2.05) is 25.1 Å². The van der Waals surface area contributed by atoms with E-state index in [-0.39, 0.29) is 30.0 Å². The molecule has 1 aromatic rings. The molecule has 2 heterocycles. The molecule has 0 N–H and O–H groups in total. The van der Waals surface area contributed by atoms with Crippen molar-refractivity contribution in [2.45, 2.75) is 111 Å². The molecule has 2 bridgehead atoms. The summed E-state index contributed by atoms with van der Waals surface area (Å²) < 4.78 is 18.9. The van der Waals surface area contributed by atoms with Gasteiger partial charge in [-0.3, -0.25) is 0 Å². The van der Waals surface area contributed by atoms with Crippen LogP contribution in [0, 0.1) is 5.92 Å². The predicted molar refractivity (Wildman–Crippen MR) is 136 cm³/mol. The quantitative estimate of drug-likeness (QED) is 0.241. The van der Waals surface area contributed by atoms with Crippen molar-refractivity contribution in [3.05, 3.63) is 45.6 Å². The molecule has 2 aliphatic heterocycles. The number of rotatable bonds is 13. The van der Waals surface area contributed by atoms with Gasteiger partial charge in [0, 0.05) is 0 Å². The van der Waals surface area contributed by atoms with Crippen LogP contribution in [0.15, 0.2) is 40.0 Å². The summed E-state index contributed by atoms with van der Waals surface area (Å²) in [5.74, 6) is 0.135. The summed E-state index contributed by atoms with van der Waals surface area (Å²) in [4.78, 5) is 13.5. The van der Waals surface area contributed by atoms with E-state index >= 15 is 0 Å². The van der Waals surface area contributed by atoms with E-state index in [0.717, 1.165) is 5.56 Å². The van der Waals surface area contributed by atoms with Crippen LogP contribution in [0.1, 0.15) is 84.8 Å². The Hall–Kier alpha value is -0.651. The molecule has 32 heavy (non-hydrogen) atoms. The summed E-state index contributed by atoms with van der Waals surface area (Å²) in [5, 5.41) is 0. The fourth-order valence-electron chi connectivity index (χ4n) is 5.67. The fourth-order valence-corrected chi connectivity index (χ4v) is 23.2. The molecule has 3 nitrogen and oxygen atoms in total. The molecular formula is C28H44O3Sn. The Bertz CT molecular complexity index is 737. The number of fused-ring (bicyclic) bond motifs is 2. The Morgan fingerprint density at radius 2 is 1.53 bits per heavy atom. The number of ether oxygens (including phenoxy) is 2. The zero-order valence-corrected chi connectivity index (χ0v) is 23.8. The maximum atomic E-state index is 13.5. The number of unbranched alkanes of at least 4 members (excludes halogenated alkanes) is 3. The average molecular weight is 547 g/mol. The minimum atomic E-state index is -2.64. The molecule has 0 radical (unpaired) electrons. The van der Waals surface area contributed by atoms with Crippen LogP contribution in [0.2, 0.25) is 13.3 Å². The van der Waals surface area contributed by atoms with E-state index in [4.69, 9.17) is 9.47 Å². The Labute approximate surface area is 200 Å². The van der Waals surface area contributed by atoms with Crippen LogP contribution in [0.25, 0.3) is 0 Å². The van der Waals surface area contributed by atoms with Gasteiger partial charge in [-0.15, -0.1) is 0 Å². The van der Waals surface area contributed by atoms with Crippen LogP contribution >= 0.6 is 0 Å². The third-order valence-corrected chi connectivity index (χ3v) is 23.7. The van der Waals surface area contributed by atoms with Crippen LogP contribution in [0.5, 0.6) is 0 Å². The predicted octanol–water partition coefficient (Wildman–Crippen LogP) is 7.43. The zero-order chi connectivity index (χ0) is 23.1. The third-order valence-electron chi connectivity index (χ3n) is 7.69. The molecule has 0 unspecified atom stereocenters. The van der Waals surface area contributed by atoms with E-state index in [2.05, 4.69) is 45.9 Å². The van der Waals surface area contributed by atoms with Crippen molar-refractivity contribution in [3.63, 3.8) is 0 Å². The zero-order valence-electron chi connectivity index (χ0n) is 20.9. The van der Waals surface area contributed by atoms with Gasteiger partial charge in [0.1, 0.15) is 0 Å². The van der Waals surface area contributed by atoms with Crippen LogP contribution in [0.4, 0.5) is 0 Å². The summed E-state index contributed by atoms with van der Waals surface area (Å²) in [5.41, 5.74) is 1.11. The molecule has 0 saturated carbocycles. The molecule has 2 aliphatic rings. The average Bonchev–Trinajstić information content (AvgIpc) is 3.23. The van der Waals surface area contributed by atoms with E-state index in [9.17, 15) is 4.79 Å². The molecule has 1 aromatic carbocycles. The van der Waals surface area contributed by atoms with Crippen LogP contribution in [-0.4, -0.2) is 42.5 Å². The molecule has 1 fully saturated rings. The van der Waals surface area contributed by atoms with Crippen molar-refractivity contribution in [2.24, 2.45) is 5.92 Å². The van der Waals surface area contributed by atoms with Crippen molar-refractivity contribution >= 4 is 24.2 Å². The topological polar surface area (TPSA) is 35.5 Å². The molecule has 4 heteroatoms. The van der Waals surface area contributed by atoms with Gasteiger partial charge in [0.05, 0.1) is 0 Å². The SMILES string of the molecule is CCC[CH2][Sn]([CH2]CCC)([CH2]CCC)[C]1=C[C@@H]2O[C@H]1[C@H](C)C(=O)[C@@H]2O[C@H](C)c1ccccc1. The standard InChI is InChI=1S/C16H17O3.3C4H9.Sn/c1-10-13-8-9-14(19-13)16(15(10)17)18-11(2)12-6-4-3-5-7-12;3*1-3-4-2;/h3-7,9-11,13-14,16H,1-2H3;3*1,3-4H2,2H3;/t10-,11+,13+,14-,16+;;;;/m0..../s1. The Morgan fingerprint density at radius 1 is 0.969 bits per heavy atom. The fraction of sp³-hybridized carbons (Fsp3) is 0.679. The van der Waals surface area contributed by atoms with Gasteiger partial charge < -0.3 is 0 Å². The van der Waals surface area contributed by atoms with Crippen LogP contribution < -0.4 is 0 Å². The van der Waals surface area contributed by atoms with Gasteiger partial charge in [0.15, 0.2) is 0 Å². The number of carbonyl (C=O) groups is 1. The molecule has 0 aliphatic carbocycles. The van der Waals surface area contributed by atoms with Gasteiger partial charge in [-0.2, -0.15) is 0 Å². The first-order valence-corrected chi connectivity index (χ1v) is 20.6. The minimum absolute atomic E-state index is 0.0146. The molecule has 5 atom stereocenters.